The number of aromatic nitrogens is 1. The zero-order valence-electron chi connectivity index (χ0n) is 20.6. The fourth-order valence-electron chi connectivity index (χ4n) is 5.69. The number of aromatic amines is 1. The first-order valence-electron chi connectivity index (χ1n) is 12.3. The smallest absolute Gasteiger partial charge is 0.335 e. The van der Waals surface area contributed by atoms with Crippen molar-refractivity contribution in [1.82, 2.24) is 4.98 Å². The SMILES string of the molecule is CC(C)CC[N+]1=C(CC2C(=O)C(c3c[nH]c4ccc(C(=O)O)cc34)C2=O)C(C)(C)c2ccccc21. The first-order chi connectivity index (χ1) is 16.6. The Bertz CT molecular complexity index is 1390. The minimum Gasteiger partial charge on any atom is -0.478 e. The molecule has 2 aliphatic rings. The van der Waals surface area contributed by atoms with Gasteiger partial charge in [-0.1, -0.05) is 32.0 Å². The molecule has 0 radical (unpaired) electrons. The van der Waals surface area contributed by atoms with Gasteiger partial charge in [-0.15, -0.1) is 0 Å². The Morgan fingerprint density at radius 2 is 1.83 bits per heavy atom. The van der Waals surface area contributed by atoms with Crippen LogP contribution in [0, 0.1) is 11.8 Å². The predicted octanol–water partition coefficient (Wildman–Crippen LogP) is 5.23. The minimum atomic E-state index is -1.04. The number of aromatic carboxylic acids is 1. The van der Waals surface area contributed by atoms with Crippen LogP contribution in [0.25, 0.3) is 10.9 Å². The molecule has 2 aromatic carbocycles. The summed E-state index contributed by atoms with van der Waals surface area (Å²) in [6.07, 6.45) is 3.10. The van der Waals surface area contributed by atoms with Gasteiger partial charge in [0, 0.05) is 41.6 Å². The third-order valence-corrected chi connectivity index (χ3v) is 7.77. The lowest BCUT2D eigenvalue weighted by molar-refractivity contribution is -0.441. The van der Waals surface area contributed by atoms with Gasteiger partial charge in [-0.3, -0.25) is 9.59 Å². The van der Waals surface area contributed by atoms with E-state index in [0.717, 1.165) is 24.2 Å². The van der Waals surface area contributed by atoms with E-state index < -0.39 is 17.8 Å². The summed E-state index contributed by atoms with van der Waals surface area (Å²) in [5, 5.41) is 9.98. The third-order valence-electron chi connectivity index (χ3n) is 7.77. The number of fused-ring (bicyclic) bond motifs is 2. The molecule has 0 saturated heterocycles. The van der Waals surface area contributed by atoms with Gasteiger partial charge >= 0.3 is 5.97 Å². The molecule has 1 saturated carbocycles. The zero-order chi connectivity index (χ0) is 25.1. The molecule has 5 rings (SSSR count). The van der Waals surface area contributed by atoms with Gasteiger partial charge in [0.1, 0.15) is 12.5 Å². The highest BCUT2D eigenvalue weighted by molar-refractivity contribution is 6.30. The first kappa shape index (κ1) is 23.2. The van der Waals surface area contributed by atoms with Gasteiger partial charge in [-0.25, -0.2) is 4.79 Å². The van der Waals surface area contributed by atoms with Gasteiger partial charge in [0.15, 0.2) is 17.3 Å². The Morgan fingerprint density at radius 1 is 1.11 bits per heavy atom. The number of benzene rings is 2. The number of hydrogen-bond donors (Lipinski definition) is 2. The van der Waals surface area contributed by atoms with Crippen LogP contribution < -0.4 is 0 Å². The number of Topliss-reactive ketones (excluding diaryl/α,β-unsaturated/α-hetero) is 2. The number of nitrogens with zero attached hydrogens (tertiary/aromatic N) is 1. The van der Waals surface area contributed by atoms with Crippen molar-refractivity contribution in [2.24, 2.45) is 11.8 Å². The molecule has 0 spiro atoms. The van der Waals surface area contributed by atoms with E-state index in [1.54, 1.807) is 12.3 Å². The van der Waals surface area contributed by atoms with Crippen LogP contribution in [-0.4, -0.2) is 44.5 Å². The summed E-state index contributed by atoms with van der Waals surface area (Å²) in [4.78, 5) is 41.3. The summed E-state index contributed by atoms with van der Waals surface area (Å²) in [7, 11) is 0. The fraction of sp³-hybridized carbons (Fsp3) is 0.379. The third kappa shape index (κ3) is 3.63. The van der Waals surface area contributed by atoms with Gasteiger partial charge in [0.2, 0.25) is 5.69 Å². The van der Waals surface area contributed by atoms with Gasteiger partial charge in [-0.2, -0.15) is 4.58 Å². The Hall–Kier alpha value is -3.54. The molecule has 1 aliphatic carbocycles. The summed E-state index contributed by atoms with van der Waals surface area (Å²) in [5.74, 6) is -2.17. The highest BCUT2D eigenvalue weighted by Gasteiger charge is 2.55. The standard InChI is InChI=1S/C29H30N2O4/c1-16(2)11-12-31-23-8-6-5-7-21(23)29(3,4)24(31)14-19-26(32)25(27(19)33)20-15-30-22-10-9-17(28(34)35)13-18(20)22/h5-10,13,15-16,19,25,30H,11-12,14H2,1-4H3/p+1. The summed E-state index contributed by atoms with van der Waals surface area (Å²) in [6, 6.07) is 13.1. The lowest BCUT2D eigenvalue weighted by Gasteiger charge is -2.32. The minimum absolute atomic E-state index is 0.0836. The van der Waals surface area contributed by atoms with Gasteiger partial charge in [0.25, 0.3) is 0 Å². The molecule has 6 heteroatoms. The average molecular weight is 472 g/mol. The number of H-pyrrole nitrogens is 1. The number of carbonyl (C=O) groups excluding carboxylic acids is 2. The van der Waals surface area contributed by atoms with Crippen LogP contribution in [-0.2, 0) is 15.0 Å². The van der Waals surface area contributed by atoms with Crippen molar-refractivity contribution in [3.63, 3.8) is 0 Å². The summed E-state index contributed by atoms with van der Waals surface area (Å²) in [6.45, 7) is 9.61. The maximum Gasteiger partial charge on any atom is 0.335 e. The van der Waals surface area contributed by atoms with Crippen LogP contribution in [0.2, 0.25) is 0 Å². The Labute approximate surface area is 204 Å². The molecule has 0 amide bonds. The number of carboxylic acid groups (broad SMARTS) is 1. The van der Waals surface area contributed by atoms with Crippen molar-refractivity contribution >= 4 is 39.8 Å². The molecule has 1 aliphatic heterocycles. The maximum atomic E-state index is 13.4. The molecule has 0 atom stereocenters. The Morgan fingerprint density at radius 3 is 2.51 bits per heavy atom. The molecule has 2 heterocycles. The molecule has 3 aromatic rings. The second kappa shape index (κ2) is 8.29. The molecule has 180 valence electrons. The van der Waals surface area contributed by atoms with Crippen molar-refractivity contribution in [3.05, 3.63) is 65.4 Å². The van der Waals surface area contributed by atoms with Gasteiger partial charge < -0.3 is 10.1 Å². The number of carbonyl (C=O) groups is 3. The van der Waals surface area contributed by atoms with Crippen molar-refractivity contribution in [3.8, 4) is 0 Å². The molecule has 0 bridgehead atoms. The van der Waals surface area contributed by atoms with E-state index in [1.165, 1.54) is 23.4 Å². The first-order valence-corrected chi connectivity index (χ1v) is 12.3. The number of para-hydroxylation sites is 1. The fourth-order valence-corrected chi connectivity index (χ4v) is 5.69. The van der Waals surface area contributed by atoms with E-state index in [9.17, 15) is 19.5 Å². The Kier molecular flexibility index (Phi) is 5.50. The summed E-state index contributed by atoms with van der Waals surface area (Å²) < 4.78 is 2.33. The van der Waals surface area contributed by atoms with E-state index in [-0.39, 0.29) is 22.5 Å². The normalized spacial score (nSPS) is 21.1. The quantitative estimate of drug-likeness (QED) is 0.365. The molecular formula is C29H31N2O4+. The van der Waals surface area contributed by atoms with Crippen LogP contribution >= 0.6 is 0 Å². The topological polar surface area (TPSA) is 90.2 Å². The van der Waals surface area contributed by atoms with Crippen molar-refractivity contribution in [2.75, 3.05) is 6.54 Å². The molecular weight excluding hydrogens is 440 g/mol. The van der Waals surface area contributed by atoms with Crippen molar-refractivity contribution < 1.29 is 24.1 Å². The second-order valence-corrected chi connectivity index (χ2v) is 10.7. The van der Waals surface area contributed by atoms with Crippen LogP contribution in [0.3, 0.4) is 0 Å². The molecule has 6 nitrogen and oxygen atoms in total. The number of hydrogen-bond acceptors (Lipinski definition) is 3. The van der Waals surface area contributed by atoms with Crippen LogP contribution in [0.15, 0.2) is 48.7 Å². The number of rotatable bonds is 7. The van der Waals surface area contributed by atoms with Crippen LogP contribution in [0.5, 0.6) is 0 Å². The molecule has 2 N–H and O–H groups in total. The lowest BCUT2D eigenvalue weighted by Crippen LogP contribution is -2.49. The highest BCUT2D eigenvalue weighted by Crippen LogP contribution is 2.45. The van der Waals surface area contributed by atoms with E-state index in [4.69, 9.17) is 0 Å². The van der Waals surface area contributed by atoms with E-state index >= 15 is 0 Å². The lowest BCUT2D eigenvalue weighted by atomic mass is 9.65. The number of nitrogens with one attached hydrogen (secondary N) is 1. The van der Waals surface area contributed by atoms with E-state index in [0.29, 0.717) is 23.3 Å². The number of carboxylic acids is 1. The van der Waals surface area contributed by atoms with Crippen molar-refractivity contribution in [1.29, 1.82) is 0 Å². The van der Waals surface area contributed by atoms with Crippen LogP contribution in [0.4, 0.5) is 5.69 Å². The van der Waals surface area contributed by atoms with Gasteiger partial charge in [0.05, 0.1) is 16.9 Å². The molecule has 0 unspecified atom stereocenters. The molecule has 1 fully saturated rings. The van der Waals surface area contributed by atoms with Gasteiger partial charge in [-0.05, 0) is 43.5 Å². The average Bonchev–Trinajstić information content (AvgIpc) is 3.32. The molecule has 35 heavy (non-hydrogen) atoms. The van der Waals surface area contributed by atoms with E-state index in [2.05, 4.69) is 49.4 Å². The zero-order valence-corrected chi connectivity index (χ0v) is 20.6. The highest BCUT2D eigenvalue weighted by atomic mass is 16.4. The number of ketones is 2. The van der Waals surface area contributed by atoms with Crippen LogP contribution in [0.1, 0.15) is 67.9 Å². The largest absolute Gasteiger partial charge is 0.478 e. The predicted molar refractivity (Wildman–Crippen MR) is 135 cm³/mol. The monoisotopic (exact) mass is 471 g/mol. The molecule has 1 aromatic heterocycles. The van der Waals surface area contributed by atoms with E-state index in [1.807, 2.05) is 12.1 Å². The summed E-state index contributed by atoms with van der Waals surface area (Å²) >= 11 is 0. The second-order valence-electron chi connectivity index (χ2n) is 10.7. The maximum absolute atomic E-state index is 13.4. The van der Waals surface area contributed by atoms with Crippen molar-refractivity contribution in [2.45, 2.75) is 51.9 Å². The Balaban J connectivity index is 1.46. The summed E-state index contributed by atoms with van der Waals surface area (Å²) in [5.41, 5.74) is 4.68.